The van der Waals surface area contributed by atoms with E-state index in [0.29, 0.717) is 19.6 Å². The van der Waals surface area contributed by atoms with Crippen LogP contribution in [-0.2, 0) is 10.4 Å². The van der Waals surface area contributed by atoms with Crippen molar-refractivity contribution in [3.8, 4) is 0 Å². The molecule has 0 aromatic heterocycles. The van der Waals surface area contributed by atoms with E-state index in [0.717, 1.165) is 23.5 Å². The topological polar surface area (TPSA) is 98.4 Å². The van der Waals surface area contributed by atoms with Crippen LogP contribution in [0.25, 0.3) is 11.1 Å². The minimum atomic E-state index is -5.79. The molecule has 8 rings (SSSR count). The van der Waals surface area contributed by atoms with Gasteiger partial charge in [0.05, 0.1) is 20.6 Å². The molecule has 0 N–H and O–H groups in total. The number of rotatable bonds is 2. The predicted molar refractivity (Wildman–Crippen MR) is 187 cm³/mol. The van der Waals surface area contributed by atoms with Crippen molar-refractivity contribution >= 4 is 46.3 Å². The smallest absolute Gasteiger partial charge is 0.380 e. The summed E-state index contributed by atoms with van der Waals surface area (Å²) in [5.74, 6) is -16.8. The molecular formula is C37H36F6N4O4S2. The minimum absolute atomic E-state index is 0.0152. The number of allylic oxidation sites excluding steroid dienone is 2. The number of benzene rings is 2. The molecule has 0 amide bonds. The molecule has 16 heteroatoms. The first-order valence-electron chi connectivity index (χ1n) is 16.9. The highest BCUT2D eigenvalue weighted by atomic mass is 32.2. The van der Waals surface area contributed by atoms with Gasteiger partial charge in [-0.05, 0) is 116 Å². The van der Waals surface area contributed by atoms with Gasteiger partial charge in [0.1, 0.15) is 11.1 Å². The van der Waals surface area contributed by atoms with Gasteiger partial charge < -0.3 is 10.4 Å². The molecule has 8 nitrogen and oxygen atoms in total. The van der Waals surface area contributed by atoms with Crippen molar-refractivity contribution < 1.29 is 46.2 Å². The summed E-state index contributed by atoms with van der Waals surface area (Å²) >= 11 is 2.02. The summed E-state index contributed by atoms with van der Waals surface area (Å²) in [6.45, 7) is 16.0. The van der Waals surface area contributed by atoms with E-state index in [1.54, 1.807) is 69.2 Å². The lowest BCUT2D eigenvalue weighted by molar-refractivity contribution is -0.539. The van der Waals surface area contributed by atoms with Crippen LogP contribution < -0.4 is 0 Å². The molecule has 2 aromatic rings. The Kier molecular flexibility index (Phi) is 6.71. The van der Waals surface area contributed by atoms with Gasteiger partial charge in [-0.1, -0.05) is 22.3 Å². The molecule has 4 aliphatic heterocycles. The molecule has 282 valence electrons. The molecule has 2 radical (unpaired) electrons. The van der Waals surface area contributed by atoms with Crippen molar-refractivity contribution in [3.05, 3.63) is 80.2 Å². The van der Waals surface area contributed by atoms with Crippen LogP contribution >= 0.6 is 23.5 Å². The van der Waals surface area contributed by atoms with Gasteiger partial charge in [0.25, 0.3) is 0 Å². The van der Waals surface area contributed by atoms with Gasteiger partial charge in [0, 0.05) is 31.4 Å². The molecule has 2 aromatic carbocycles. The van der Waals surface area contributed by atoms with Crippen molar-refractivity contribution in [2.75, 3.05) is 0 Å². The Bertz CT molecular complexity index is 2090. The molecule has 2 aliphatic carbocycles. The van der Waals surface area contributed by atoms with Crippen LogP contribution in [0.1, 0.15) is 91.5 Å². The Morgan fingerprint density at radius 1 is 0.547 bits per heavy atom. The van der Waals surface area contributed by atoms with Crippen LogP contribution in [0.5, 0.6) is 0 Å². The van der Waals surface area contributed by atoms with Crippen molar-refractivity contribution in [2.45, 2.75) is 128 Å². The van der Waals surface area contributed by atoms with E-state index in [9.17, 15) is 20.8 Å². The first-order chi connectivity index (χ1) is 24.0. The second kappa shape index (κ2) is 9.72. The Morgan fingerprint density at radius 3 is 1.15 bits per heavy atom. The number of thioether (sulfide) groups is 2. The molecule has 2 unspecified atom stereocenters. The zero-order valence-electron chi connectivity index (χ0n) is 30.5. The monoisotopic (exact) mass is 778 g/mol. The van der Waals surface area contributed by atoms with Crippen LogP contribution in [0.2, 0.25) is 0 Å². The molecule has 1 saturated carbocycles. The molecule has 6 aliphatic rings. The highest BCUT2D eigenvalue weighted by molar-refractivity contribution is 8.06. The third-order valence-electron chi connectivity index (χ3n) is 13.5. The van der Waals surface area contributed by atoms with Crippen LogP contribution in [-0.4, -0.2) is 80.7 Å². The number of nitrogens with zero attached hydrogens (tertiary/aromatic N) is 4. The maximum Gasteiger partial charge on any atom is 0.380 e. The predicted octanol–water partition coefficient (Wildman–Crippen LogP) is 8.51. The molecule has 2 atom stereocenters. The lowest BCUT2D eigenvalue weighted by Gasteiger charge is -2.47. The number of amidine groups is 2. The van der Waals surface area contributed by atoms with E-state index in [1.807, 2.05) is 0 Å². The maximum absolute atomic E-state index is 16.2. The summed E-state index contributed by atoms with van der Waals surface area (Å²) in [6.07, 6.45) is 0. The van der Waals surface area contributed by atoms with Crippen molar-refractivity contribution in [1.29, 1.82) is 0 Å². The SMILES string of the molecule is CC12Sc3cc(C4=[N+]([O-])C(C)(C)C(C)(C)N4[O])ccc3C1=C1C(=C3c4ccc(C5=[N+]([O-])C(C)(C)C(C)(C)N5[O])cc4SC32C)C(F)(F)C(F)(F)C1(F)F. The van der Waals surface area contributed by atoms with E-state index in [2.05, 4.69) is 0 Å². The molecule has 53 heavy (non-hydrogen) atoms. The second-order valence-electron chi connectivity index (χ2n) is 17.0. The van der Waals surface area contributed by atoms with Gasteiger partial charge in [-0.2, -0.15) is 26.3 Å². The number of alkyl halides is 6. The number of hydroxylamine groups is 6. The van der Waals surface area contributed by atoms with Crippen molar-refractivity contribution in [3.63, 3.8) is 0 Å². The fraction of sp³-hybridized carbons (Fsp3) is 0.514. The minimum Gasteiger partial charge on any atom is -0.714 e. The van der Waals surface area contributed by atoms with E-state index < -0.39 is 60.6 Å². The molecular weight excluding hydrogens is 743 g/mol. The van der Waals surface area contributed by atoms with E-state index >= 15 is 26.3 Å². The number of halogens is 6. The summed E-state index contributed by atoms with van der Waals surface area (Å²) in [6, 6.07) is 8.24. The Balaban J connectivity index is 1.37. The number of hydrogen-bond acceptors (Lipinski definition) is 6. The quantitative estimate of drug-likeness (QED) is 0.172. The van der Waals surface area contributed by atoms with Gasteiger partial charge in [0.2, 0.25) is 0 Å². The fourth-order valence-corrected chi connectivity index (χ4v) is 11.7. The lowest BCUT2D eigenvalue weighted by atomic mass is 9.68. The number of hydrogen-bond donors (Lipinski definition) is 0. The first kappa shape index (κ1) is 36.6. The van der Waals surface area contributed by atoms with Gasteiger partial charge in [0.15, 0.2) is 11.1 Å². The largest absolute Gasteiger partial charge is 0.714 e. The second-order valence-corrected chi connectivity index (χ2v) is 19.9. The Morgan fingerprint density at radius 2 is 0.868 bits per heavy atom. The van der Waals surface area contributed by atoms with Gasteiger partial charge in [-0.15, -0.1) is 23.5 Å². The van der Waals surface area contributed by atoms with Gasteiger partial charge in [-0.3, -0.25) is 9.48 Å². The molecule has 0 spiro atoms. The van der Waals surface area contributed by atoms with Crippen LogP contribution in [0.4, 0.5) is 26.3 Å². The highest BCUT2D eigenvalue weighted by Crippen LogP contribution is 2.78. The van der Waals surface area contributed by atoms with Gasteiger partial charge in [-0.25, -0.2) is 0 Å². The normalized spacial score (nSPS) is 31.7. The maximum atomic E-state index is 16.2. The molecule has 0 bridgehead atoms. The average molecular weight is 779 g/mol. The highest BCUT2D eigenvalue weighted by Gasteiger charge is 2.85. The Labute approximate surface area is 310 Å². The van der Waals surface area contributed by atoms with E-state index in [4.69, 9.17) is 0 Å². The number of fused-ring (bicyclic) bond motifs is 8. The summed E-state index contributed by atoms with van der Waals surface area (Å²) < 4.78 is 93.9. The van der Waals surface area contributed by atoms with Crippen LogP contribution in [0, 0.1) is 10.4 Å². The summed E-state index contributed by atoms with van der Waals surface area (Å²) in [5.41, 5.74) is -8.03. The standard InChI is InChI=1S/C37H36F6N4O4S2/c1-29(2)30(3,4)45(49)27(44(29)48)17-11-13-19-21(15-17)52-33(9)23(19)25-26(36(40,41)37(42,43)35(25,38)39)24-20-14-12-18(16-22(20)53-34(24,33)10)28-46(50)31(5,6)32(7,8)47(28)51/h11-16H,1-10H3. The lowest BCUT2D eigenvalue weighted by Crippen LogP contribution is -2.53. The third-order valence-corrected chi connectivity index (χ3v) is 16.8. The average Bonchev–Trinajstić information content (AvgIpc) is 3.63. The summed E-state index contributed by atoms with van der Waals surface area (Å²) in [7, 11) is 0. The van der Waals surface area contributed by atoms with Crippen molar-refractivity contribution in [1.82, 2.24) is 10.1 Å². The third kappa shape index (κ3) is 3.68. The van der Waals surface area contributed by atoms with Crippen LogP contribution in [0.15, 0.2) is 57.3 Å². The Hall–Kier alpha value is -3.34. The molecule has 0 saturated heterocycles. The fourth-order valence-electron chi connectivity index (χ4n) is 8.46. The summed E-state index contributed by atoms with van der Waals surface area (Å²) in [4.78, 5) is 0.486. The van der Waals surface area contributed by atoms with Crippen molar-refractivity contribution in [2.24, 2.45) is 0 Å². The summed E-state index contributed by atoms with van der Waals surface area (Å²) in [5, 5.41) is 55.2. The first-order valence-corrected chi connectivity index (χ1v) is 18.6. The van der Waals surface area contributed by atoms with E-state index in [-0.39, 0.29) is 54.9 Å². The molecule has 1 fully saturated rings. The van der Waals surface area contributed by atoms with Gasteiger partial charge >= 0.3 is 29.4 Å². The van der Waals surface area contributed by atoms with Crippen LogP contribution in [0.3, 0.4) is 0 Å². The molecule has 4 heterocycles. The van der Waals surface area contributed by atoms with E-state index in [1.165, 1.54) is 36.4 Å². The zero-order chi connectivity index (χ0) is 39.4. The zero-order valence-corrected chi connectivity index (χ0v) is 32.1.